The predicted molar refractivity (Wildman–Crippen MR) is 63.7 cm³/mol. The van der Waals surface area contributed by atoms with Crippen LogP contribution in [0.2, 0.25) is 0 Å². The van der Waals surface area contributed by atoms with Gasteiger partial charge in [0, 0.05) is 17.8 Å². The van der Waals surface area contributed by atoms with E-state index in [1.54, 1.807) is 24.4 Å². The molecule has 0 atom stereocenters. The minimum absolute atomic E-state index is 0.0391. The van der Waals surface area contributed by atoms with Gasteiger partial charge in [-0.15, -0.1) is 0 Å². The first-order valence-electron chi connectivity index (χ1n) is 5.50. The molecule has 88 valence electrons. The van der Waals surface area contributed by atoms with Crippen molar-refractivity contribution in [1.29, 1.82) is 0 Å². The average Bonchev–Trinajstić information content (AvgIpc) is 2.29. The smallest absolute Gasteiger partial charge is 0.135 e. The summed E-state index contributed by atoms with van der Waals surface area (Å²) in [6.45, 7) is 3.81. The van der Waals surface area contributed by atoms with Crippen molar-refractivity contribution in [3.8, 4) is 11.3 Å². The number of hydrogen-bond acceptors (Lipinski definition) is 1. The van der Waals surface area contributed by atoms with E-state index in [-0.39, 0.29) is 5.92 Å². The molecule has 0 aliphatic rings. The Morgan fingerprint density at radius 3 is 2.47 bits per heavy atom. The van der Waals surface area contributed by atoms with Crippen molar-refractivity contribution >= 4 is 0 Å². The minimum Gasteiger partial charge on any atom is -0.256 e. The molecule has 0 amide bonds. The van der Waals surface area contributed by atoms with Gasteiger partial charge in [0.1, 0.15) is 11.6 Å². The summed E-state index contributed by atoms with van der Waals surface area (Å²) in [5.41, 5.74) is 1.57. The highest BCUT2D eigenvalue weighted by atomic mass is 19.1. The van der Waals surface area contributed by atoms with Crippen LogP contribution in [0.25, 0.3) is 11.3 Å². The van der Waals surface area contributed by atoms with Crippen LogP contribution in [-0.4, -0.2) is 4.98 Å². The molecule has 0 aliphatic carbocycles. The van der Waals surface area contributed by atoms with Gasteiger partial charge >= 0.3 is 0 Å². The van der Waals surface area contributed by atoms with E-state index in [0.29, 0.717) is 16.8 Å². The van der Waals surface area contributed by atoms with Gasteiger partial charge in [-0.05, 0) is 29.7 Å². The van der Waals surface area contributed by atoms with Crippen LogP contribution in [0, 0.1) is 11.6 Å². The van der Waals surface area contributed by atoms with Crippen molar-refractivity contribution in [3.05, 3.63) is 53.7 Å². The number of pyridine rings is 1. The number of rotatable bonds is 2. The third-order valence-electron chi connectivity index (χ3n) is 2.63. The van der Waals surface area contributed by atoms with Gasteiger partial charge in [0.05, 0.1) is 5.69 Å². The van der Waals surface area contributed by atoms with Crippen LogP contribution in [0.5, 0.6) is 0 Å². The first-order chi connectivity index (χ1) is 8.09. The Morgan fingerprint density at radius 1 is 1.12 bits per heavy atom. The highest BCUT2D eigenvalue weighted by Crippen LogP contribution is 2.31. The van der Waals surface area contributed by atoms with Gasteiger partial charge in [0.15, 0.2) is 0 Å². The summed E-state index contributed by atoms with van der Waals surface area (Å²) in [5, 5.41) is 0. The van der Waals surface area contributed by atoms with Crippen molar-refractivity contribution in [1.82, 2.24) is 4.98 Å². The van der Waals surface area contributed by atoms with Gasteiger partial charge in [0.25, 0.3) is 0 Å². The number of aromatic nitrogens is 1. The Morgan fingerprint density at radius 2 is 1.88 bits per heavy atom. The van der Waals surface area contributed by atoms with E-state index in [0.717, 1.165) is 6.07 Å². The van der Waals surface area contributed by atoms with Crippen molar-refractivity contribution < 1.29 is 8.78 Å². The number of halogens is 2. The maximum absolute atomic E-state index is 13.9. The summed E-state index contributed by atoms with van der Waals surface area (Å²) in [5.74, 6) is -1.07. The second kappa shape index (κ2) is 4.62. The van der Waals surface area contributed by atoms with Crippen LogP contribution in [0.15, 0.2) is 36.5 Å². The summed E-state index contributed by atoms with van der Waals surface area (Å²) in [6.07, 6.45) is 1.60. The first-order valence-corrected chi connectivity index (χ1v) is 5.50. The number of benzene rings is 1. The molecule has 0 saturated heterocycles. The average molecular weight is 233 g/mol. The minimum atomic E-state index is -0.563. The van der Waals surface area contributed by atoms with Crippen LogP contribution in [0.4, 0.5) is 8.78 Å². The third-order valence-corrected chi connectivity index (χ3v) is 2.63. The van der Waals surface area contributed by atoms with Gasteiger partial charge in [-0.3, -0.25) is 4.98 Å². The van der Waals surface area contributed by atoms with Gasteiger partial charge < -0.3 is 0 Å². The highest BCUT2D eigenvalue weighted by Gasteiger charge is 2.16. The van der Waals surface area contributed by atoms with Gasteiger partial charge in [-0.2, -0.15) is 0 Å². The van der Waals surface area contributed by atoms with Crippen LogP contribution in [0.3, 0.4) is 0 Å². The quantitative estimate of drug-likeness (QED) is 0.759. The monoisotopic (exact) mass is 233 g/mol. The fourth-order valence-corrected chi connectivity index (χ4v) is 1.83. The molecule has 0 radical (unpaired) electrons. The summed E-state index contributed by atoms with van der Waals surface area (Å²) in [7, 11) is 0. The molecule has 0 aliphatic heterocycles. The van der Waals surface area contributed by atoms with E-state index < -0.39 is 11.6 Å². The third kappa shape index (κ3) is 2.33. The molecular weight excluding hydrogens is 220 g/mol. The van der Waals surface area contributed by atoms with Crippen molar-refractivity contribution in [2.75, 3.05) is 0 Å². The zero-order valence-electron chi connectivity index (χ0n) is 9.74. The normalized spacial score (nSPS) is 10.9. The van der Waals surface area contributed by atoms with Crippen LogP contribution < -0.4 is 0 Å². The van der Waals surface area contributed by atoms with E-state index in [2.05, 4.69) is 4.98 Å². The van der Waals surface area contributed by atoms with Crippen LogP contribution in [0.1, 0.15) is 25.3 Å². The van der Waals surface area contributed by atoms with Crippen molar-refractivity contribution in [2.45, 2.75) is 19.8 Å². The summed E-state index contributed by atoms with van der Waals surface area (Å²) >= 11 is 0. The summed E-state index contributed by atoms with van der Waals surface area (Å²) in [4.78, 5) is 4.12. The highest BCUT2D eigenvalue weighted by molar-refractivity contribution is 5.65. The standard InChI is InChI=1S/C14H13F2N/c1-9(2)11-7-10(15)8-12(16)14(11)13-5-3-4-6-17-13/h3-9H,1-2H3. The zero-order chi connectivity index (χ0) is 12.4. The lowest BCUT2D eigenvalue weighted by atomic mass is 9.94. The second-order valence-corrected chi connectivity index (χ2v) is 4.22. The lowest BCUT2D eigenvalue weighted by Gasteiger charge is -2.13. The van der Waals surface area contributed by atoms with E-state index in [4.69, 9.17) is 0 Å². The van der Waals surface area contributed by atoms with Crippen LogP contribution >= 0.6 is 0 Å². The Bertz CT molecular complexity index is 521. The molecule has 1 heterocycles. The zero-order valence-corrected chi connectivity index (χ0v) is 9.74. The SMILES string of the molecule is CC(C)c1cc(F)cc(F)c1-c1ccccn1. The fraction of sp³-hybridized carbons (Fsp3) is 0.214. The molecule has 2 rings (SSSR count). The second-order valence-electron chi connectivity index (χ2n) is 4.22. The first kappa shape index (κ1) is 11.7. The molecule has 1 aromatic carbocycles. The molecule has 0 unspecified atom stereocenters. The molecule has 0 fully saturated rings. The fourth-order valence-electron chi connectivity index (χ4n) is 1.83. The van der Waals surface area contributed by atoms with Gasteiger partial charge in [0.2, 0.25) is 0 Å². The Balaban J connectivity index is 2.68. The van der Waals surface area contributed by atoms with E-state index >= 15 is 0 Å². The largest absolute Gasteiger partial charge is 0.256 e. The molecular formula is C14H13F2N. The molecule has 0 N–H and O–H groups in total. The maximum Gasteiger partial charge on any atom is 0.135 e. The van der Waals surface area contributed by atoms with Gasteiger partial charge in [-0.1, -0.05) is 19.9 Å². The molecule has 1 nitrogen and oxygen atoms in total. The predicted octanol–water partition coefficient (Wildman–Crippen LogP) is 4.15. The Kier molecular flexibility index (Phi) is 3.18. The lowest BCUT2D eigenvalue weighted by Crippen LogP contribution is -1.99. The number of hydrogen-bond donors (Lipinski definition) is 0. The molecule has 0 bridgehead atoms. The maximum atomic E-state index is 13.9. The number of nitrogens with zero attached hydrogens (tertiary/aromatic N) is 1. The van der Waals surface area contributed by atoms with Crippen LogP contribution in [-0.2, 0) is 0 Å². The molecule has 2 aromatic rings. The topological polar surface area (TPSA) is 12.9 Å². The molecule has 0 spiro atoms. The van der Waals surface area contributed by atoms with Crippen molar-refractivity contribution in [3.63, 3.8) is 0 Å². The summed E-state index contributed by atoms with van der Waals surface area (Å²) in [6, 6.07) is 7.55. The molecule has 17 heavy (non-hydrogen) atoms. The van der Waals surface area contributed by atoms with Crippen molar-refractivity contribution in [2.24, 2.45) is 0 Å². The Hall–Kier alpha value is -1.77. The molecule has 1 aromatic heterocycles. The lowest BCUT2D eigenvalue weighted by molar-refractivity contribution is 0.579. The van der Waals surface area contributed by atoms with E-state index in [1.165, 1.54) is 6.07 Å². The van der Waals surface area contributed by atoms with E-state index in [9.17, 15) is 8.78 Å². The van der Waals surface area contributed by atoms with E-state index in [1.807, 2.05) is 13.8 Å². The summed E-state index contributed by atoms with van der Waals surface area (Å²) < 4.78 is 27.1. The Labute approximate surface area is 99.1 Å². The molecule has 3 heteroatoms. The van der Waals surface area contributed by atoms with Gasteiger partial charge in [-0.25, -0.2) is 8.78 Å². The molecule has 0 saturated carbocycles.